The van der Waals surface area contributed by atoms with Crippen LogP contribution in [0, 0.1) is 5.82 Å². The zero-order valence-corrected chi connectivity index (χ0v) is 9.18. The molecule has 0 aromatic heterocycles. The number of alkyl halides is 3. The molecule has 0 spiro atoms. The molecule has 0 heterocycles. The third-order valence-electron chi connectivity index (χ3n) is 1.93. The van der Waals surface area contributed by atoms with Crippen molar-refractivity contribution in [3.63, 3.8) is 0 Å². The van der Waals surface area contributed by atoms with Gasteiger partial charge < -0.3 is 9.84 Å². The molecule has 0 saturated heterocycles. The number of carbonyl (C=O) groups is 1. The highest BCUT2D eigenvalue weighted by atomic mass is 35.5. The maximum Gasteiger partial charge on any atom is 0.387 e. The van der Waals surface area contributed by atoms with Crippen LogP contribution in [0.4, 0.5) is 13.2 Å². The molecule has 0 fully saturated rings. The summed E-state index contributed by atoms with van der Waals surface area (Å²) in [4.78, 5) is 10.5. The van der Waals surface area contributed by atoms with Gasteiger partial charge in [0.1, 0.15) is 11.6 Å². The van der Waals surface area contributed by atoms with Crippen LogP contribution in [0.3, 0.4) is 0 Å². The molecule has 0 aliphatic rings. The first-order valence-corrected chi connectivity index (χ1v) is 5.01. The molecule has 0 saturated carbocycles. The predicted octanol–water partition coefficient (Wildman–Crippen LogP) is 2.79. The number of hydrogen-bond acceptors (Lipinski definition) is 2. The van der Waals surface area contributed by atoms with Crippen LogP contribution in [0.25, 0.3) is 0 Å². The van der Waals surface area contributed by atoms with Crippen LogP contribution in [0.5, 0.6) is 5.75 Å². The summed E-state index contributed by atoms with van der Waals surface area (Å²) in [5, 5.41) is 8.59. The van der Waals surface area contributed by atoms with E-state index in [0.29, 0.717) is 6.07 Å². The number of benzene rings is 1. The molecule has 94 valence electrons. The maximum absolute atomic E-state index is 13.3. The average molecular weight is 269 g/mol. The van der Waals surface area contributed by atoms with E-state index in [1.54, 1.807) is 0 Å². The number of rotatable bonds is 5. The number of halogens is 4. The largest absolute Gasteiger partial charge is 0.481 e. The lowest BCUT2D eigenvalue weighted by Gasteiger charge is -2.11. The molecule has 0 radical (unpaired) electrons. The van der Waals surface area contributed by atoms with E-state index in [-0.39, 0.29) is 17.0 Å². The van der Waals surface area contributed by atoms with Gasteiger partial charge in [0.15, 0.2) is 0 Å². The Balaban J connectivity index is 3.15. The Morgan fingerprint density at radius 2 is 2.06 bits per heavy atom. The molecular formula is C10H8ClF3O3. The standard InChI is InChI=1S/C10H8ClF3O3/c11-4-6-1-5(2-9(15)16)8(3-7(6)12)17-10(13)14/h1,3,10H,2,4H2,(H,15,16). The molecular weight excluding hydrogens is 261 g/mol. The molecule has 1 rings (SSSR count). The van der Waals surface area contributed by atoms with Gasteiger partial charge in [0.05, 0.1) is 12.3 Å². The fraction of sp³-hybridized carbons (Fsp3) is 0.300. The van der Waals surface area contributed by atoms with Gasteiger partial charge in [-0.25, -0.2) is 4.39 Å². The highest BCUT2D eigenvalue weighted by Gasteiger charge is 2.16. The van der Waals surface area contributed by atoms with Gasteiger partial charge in [-0.05, 0) is 6.07 Å². The quantitative estimate of drug-likeness (QED) is 0.835. The summed E-state index contributed by atoms with van der Waals surface area (Å²) in [7, 11) is 0. The molecule has 17 heavy (non-hydrogen) atoms. The molecule has 0 atom stereocenters. The number of carboxylic acid groups (broad SMARTS) is 1. The molecule has 1 aromatic rings. The SMILES string of the molecule is O=C(O)Cc1cc(CCl)c(F)cc1OC(F)F. The first kappa shape index (κ1) is 13.6. The van der Waals surface area contributed by atoms with Crippen LogP contribution in [0.15, 0.2) is 12.1 Å². The Morgan fingerprint density at radius 3 is 2.53 bits per heavy atom. The lowest BCUT2D eigenvalue weighted by atomic mass is 10.1. The number of ether oxygens (including phenoxy) is 1. The highest BCUT2D eigenvalue weighted by molar-refractivity contribution is 6.17. The van der Waals surface area contributed by atoms with E-state index < -0.39 is 30.6 Å². The number of aliphatic carboxylic acids is 1. The van der Waals surface area contributed by atoms with Crippen molar-refractivity contribution >= 4 is 17.6 Å². The van der Waals surface area contributed by atoms with Crippen molar-refractivity contribution in [1.82, 2.24) is 0 Å². The second-order valence-electron chi connectivity index (χ2n) is 3.13. The molecule has 0 amide bonds. The van der Waals surface area contributed by atoms with Crippen molar-refractivity contribution in [2.75, 3.05) is 0 Å². The van der Waals surface area contributed by atoms with Gasteiger partial charge in [-0.1, -0.05) is 0 Å². The molecule has 7 heteroatoms. The Kier molecular flexibility index (Phi) is 4.62. The van der Waals surface area contributed by atoms with E-state index in [2.05, 4.69) is 4.74 Å². The second-order valence-corrected chi connectivity index (χ2v) is 3.40. The van der Waals surface area contributed by atoms with E-state index >= 15 is 0 Å². The Hall–Kier alpha value is -1.43. The van der Waals surface area contributed by atoms with Crippen molar-refractivity contribution in [1.29, 1.82) is 0 Å². The predicted molar refractivity (Wildman–Crippen MR) is 53.9 cm³/mol. The Bertz CT molecular complexity index is 424. The molecule has 1 N–H and O–H groups in total. The van der Waals surface area contributed by atoms with Crippen LogP contribution in [-0.2, 0) is 17.1 Å². The van der Waals surface area contributed by atoms with Crippen molar-refractivity contribution in [2.24, 2.45) is 0 Å². The molecule has 0 unspecified atom stereocenters. The van der Waals surface area contributed by atoms with Crippen molar-refractivity contribution in [3.05, 3.63) is 29.1 Å². The smallest absolute Gasteiger partial charge is 0.387 e. The van der Waals surface area contributed by atoms with E-state index in [0.717, 1.165) is 6.07 Å². The van der Waals surface area contributed by atoms with Gasteiger partial charge in [-0.15, -0.1) is 11.6 Å². The molecule has 3 nitrogen and oxygen atoms in total. The molecule has 0 aliphatic carbocycles. The Morgan fingerprint density at radius 1 is 1.41 bits per heavy atom. The van der Waals surface area contributed by atoms with Crippen molar-refractivity contribution in [3.8, 4) is 5.75 Å². The molecule has 1 aromatic carbocycles. The fourth-order valence-corrected chi connectivity index (χ4v) is 1.46. The first-order chi connectivity index (χ1) is 7.93. The van der Waals surface area contributed by atoms with Gasteiger partial charge in [-0.3, -0.25) is 4.79 Å². The first-order valence-electron chi connectivity index (χ1n) is 4.48. The van der Waals surface area contributed by atoms with E-state index in [9.17, 15) is 18.0 Å². The number of hydrogen-bond donors (Lipinski definition) is 1. The average Bonchev–Trinajstić information content (AvgIpc) is 2.20. The van der Waals surface area contributed by atoms with Gasteiger partial charge in [0, 0.05) is 17.2 Å². The summed E-state index contributed by atoms with van der Waals surface area (Å²) in [6.07, 6.45) is -0.549. The zero-order chi connectivity index (χ0) is 13.0. The summed E-state index contributed by atoms with van der Waals surface area (Å²) in [6.45, 7) is -3.15. The van der Waals surface area contributed by atoms with E-state index in [1.807, 2.05) is 0 Å². The topological polar surface area (TPSA) is 46.5 Å². The summed E-state index contributed by atoms with van der Waals surface area (Å²) >= 11 is 5.42. The summed E-state index contributed by atoms with van der Waals surface area (Å²) in [6, 6.07) is 1.82. The monoisotopic (exact) mass is 268 g/mol. The summed E-state index contributed by atoms with van der Waals surface area (Å²) in [5.41, 5.74) is -0.0145. The summed E-state index contributed by atoms with van der Waals surface area (Å²) in [5.74, 6) is -2.73. The van der Waals surface area contributed by atoms with Gasteiger partial charge in [0.2, 0.25) is 0 Å². The number of carboxylic acids is 1. The van der Waals surface area contributed by atoms with Gasteiger partial charge in [0.25, 0.3) is 0 Å². The summed E-state index contributed by atoms with van der Waals surface area (Å²) < 4.78 is 41.4. The normalized spacial score (nSPS) is 10.6. The van der Waals surface area contributed by atoms with Crippen LogP contribution < -0.4 is 4.74 Å². The lowest BCUT2D eigenvalue weighted by Crippen LogP contribution is -2.09. The van der Waals surface area contributed by atoms with E-state index in [1.165, 1.54) is 0 Å². The van der Waals surface area contributed by atoms with Crippen molar-refractivity contribution in [2.45, 2.75) is 18.9 Å². The molecule has 0 aliphatic heterocycles. The zero-order valence-electron chi connectivity index (χ0n) is 8.42. The minimum atomic E-state index is -3.15. The van der Waals surface area contributed by atoms with Crippen LogP contribution in [-0.4, -0.2) is 17.7 Å². The van der Waals surface area contributed by atoms with E-state index in [4.69, 9.17) is 16.7 Å². The fourth-order valence-electron chi connectivity index (χ4n) is 1.26. The Labute approximate surface area is 99.8 Å². The minimum absolute atomic E-state index is 0.0320. The molecule has 0 bridgehead atoms. The minimum Gasteiger partial charge on any atom is -0.481 e. The second kappa shape index (κ2) is 5.77. The third-order valence-corrected chi connectivity index (χ3v) is 2.22. The van der Waals surface area contributed by atoms with Crippen LogP contribution >= 0.6 is 11.6 Å². The van der Waals surface area contributed by atoms with Crippen LogP contribution in [0.2, 0.25) is 0 Å². The van der Waals surface area contributed by atoms with Gasteiger partial charge in [-0.2, -0.15) is 8.78 Å². The highest BCUT2D eigenvalue weighted by Crippen LogP contribution is 2.26. The van der Waals surface area contributed by atoms with Gasteiger partial charge >= 0.3 is 12.6 Å². The lowest BCUT2D eigenvalue weighted by molar-refractivity contribution is -0.136. The third kappa shape index (κ3) is 3.81. The van der Waals surface area contributed by atoms with Crippen molar-refractivity contribution < 1.29 is 27.8 Å². The maximum atomic E-state index is 13.3. The van der Waals surface area contributed by atoms with Crippen LogP contribution in [0.1, 0.15) is 11.1 Å².